The molecule has 1 aliphatic rings. The van der Waals surface area contributed by atoms with Crippen LogP contribution in [-0.4, -0.2) is 36.2 Å². The van der Waals surface area contributed by atoms with E-state index in [9.17, 15) is 14.4 Å². The molecule has 8 nitrogen and oxygen atoms in total. The molecule has 0 radical (unpaired) electrons. The second-order valence-corrected chi connectivity index (χ2v) is 8.85. The molecule has 0 aliphatic carbocycles. The summed E-state index contributed by atoms with van der Waals surface area (Å²) in [7, 11) is 1.55. The Morgan fingerprint density at radius 3 is 2.69 bits per heavy atom. The number of carbonyl (C=O) groups excluding carboxylic acids is 1. The van der Waals surface area contributed by atoms with Gasteiger partial charge in [-0.2, -0.15) is 0 Å². The number of unbranched alkanes of at least 4 members (excludes halogenated alkanes) is 2. The summed E-state index contributed by atoms with van der Waals surface area (Å²) in [5, 5.41) is 12.1. The third-order valence-electron chi connectivity index (χ3n) is 5.89. The molecule has 32 heavy (non-hydrogen) atoms. The van der Waals surface area contributed by atoms with Crippen LogP contribution < -0.4 is 20.4 Å². The van der Waals surface area contributed by atoms with Gasteiger partial charge in [0.1, 0.15) is 22.7 Å². The van der Waals surface area contributed by atoms with E-state index in [0.717, 1.165) is 12.0 Å². The monoisotopic (exact) mass is 445 g/mol. The van der Waals surface area contributed by atoms with E-state index < -0.39 is 11.6 Å². The third kappa shape index (κ3) is 5.23. The minimum Gasteiger partial charge on any atom is -0.496 e. The zero-order chi connectivity index (χ0) is 23.5. The van der Waals surface area contributed by atoms with Crippen LogP contribution in [0.25, 0.3) is 11.0 Å². The van der Waals surface area contributed by atoms with Crippen molar-refractivity contribution in [2.75, 3.05) is 13.7 Å². The lowest BCUT2D eigenvalue weighted by Crippen LogP contribution is -2.33. The van der Waals surface area contributed by atoms with E-state index in [1.165, 1.54) is 0 Å². The number of methoxy groups -OCH3 is 1. The number of fused-ring (bicyclic) bond motifs is 3. The molecule has 0 saturated carbocycles. The summed E-state index contributed by atoms with van der Waals surface area (Å²) in [5.41, 5.74) is 1.42. The van der Waals surface area contributed by atoms with Gasteiger partial charge in [0.2, 0.25) is 5.91 Å². The number of rotatable bonds is 9. The average Bonchev–Trinajstić information content (AvgIpc) is 2.71. The van der Waals surface area contributed by atoms with E-state index in [-0.39, 0.29) is 24.3 Å². The lowest BCUT2D eigenvalue weighted by atomic mass is 9.91. The Hall–Kier alpha value is -3.03. The smallest absolute Gasteiger partial charge is 0.340 e. The lowest BCUT2D eigenvalue weighted by molar-refractivity contribution is -0.137. The summed E-state index contributed by atoms with van der Waals surface area (Å²) in [6, 6.07) is 1.83. The van der Waals surface area contributed by atoms with Crippen molar-refractivity contribution >= 4 is 22.8 Å². The second kappa shape index (κ2) is 9.63. The molecule has 0 unspecified atom stereocenters. The van der Waals surface area contributed by atoms with Crippen LogP contribution in [0.1, 0.15) is 62.6 Å². The van der Waals surface area contributed by atoms with Crippen molar-refractivity contribution in [1.29, 1.82) is 0 Å². The minimum atomic E-state index is -0.820. The number of ether oxygens (including phenoxy) is 2. The van der Waals surface area contributed by atoms with Crippen molar-refractivity contribution in [3.63, 3.8) is 0 Å². The van der Waals surface area contributed by atoms with Crippen LogP contribution in [0.2, 0.25) is 0 Å². The fourth-order valence-electron chi connectivity index (χ4n) is 4.08. The number of nitrogens with one attached hydrogen (secondary N) is 1. The maximum atomic E-state index is 12.8. The van der Waals surface area contributed by atoms with E-state index in [1.807, 2.05) is 19.9 Å². The molecule has 2 aromatic rings. The first kappa shape index (κ1) is 23.6. The fourth-order valence-corrected chi connectivity index (χ4v) is 4.08. The Kier molecular flexibility index (Phi) is 7.11. The molecule has 1 aromatic carbocycles. The molecule has 0 saturated heterocycles. The molecule has 0 spiro atoms. The summed E-state index contributed by atoms with van der Waals surface area (Å²) in [6.07, 6.45) is 3.51. The summed E-state index contributed by atoms with van der Waals surface area (Å²) < 4.78 is 17.4. The predicted molar refractivity (Wildman–Crippen MR) is 120 cm³/mol. The number of aliphatic carboxylic acids is 1. The van der Waals surface area contributed by atoms with Gasteiger partial charge in [-0.1, -0.05) is 6.42 Å². The van der Waals surface area contributed by atoms with Gasteiger partial charge in [0, 0.05) is 24.6 Å². The zero-order valence-corrected chi connectivity index (χ0v) is 19.1. The van der Waals surface area contributed by atoms with Crippen molar-refractivity contribution < 1.29 is 28.6 Å². The van der Waals surface area contributed by atoms with Gasteiger partial charge in [-0.25, -0.2) is 4.79 Å². The van der Waals surface area contributed by atoms with Gasteiger partial charge in [-0.3, -0.25) is 9.59 Å². The number of hydrogen-bond donors (Lipinski definition) is 2. The highest BCUT2D eigenvalue weighted by Gasteiger charge is 2.31. The maximum absolute atomic E-state index is 12.8. The first-order chi connectivity index (χ1) is 15.1. The zero-order valence-electron chi connectivity index (χ0n) is 19.1. The molecule has 0 atom stereocenters. The molecular weight excluding hydrogens is 414 g/mol. The third-order valence-corrected chi connectivity index (χ3v) is 5.89. The summed E-state index contributed by atoms with van der Waals surface area (Å²) in [6.45, 7) is 6.26. The molecule has 8 heteroatoms. The highest BCUT2D eigenvalue weighted by Crippen LogP contribution is 2.43. The van der Waals surface area contributed by atoms with Gasteiger partial charge in [0.15, 0.2) is 0 Å². The molecule has 1 aromatic heterocycles. The van der Waals surface area contributed by atoms with Gasteiger partial charge in [0.25, 0.3) is 0 Å². The van der Waals surface area contributed by atoms with E-state index in [4.69, 9.17) is 19.0 Å². The molecule has 1 amide bonds. The molecular formula is C24H31NO7. The average molecular weight is 446 g/mol. The van der Waals surface area contributed by atoms with E-state index in [0.29, 0.717) is 65.8 Å². The van der Waals surface area contributed by atoms with Crippen LogP contribution in [-0.2, 0) is 22.4 Å². The lowest BCUT2D eigenvalue weighted by Gasteiger charge is -2.33. The number of aryl methyl sites for hydroxylation is 2. The van der Waals surface area contributed by atoms with Crippen LogP contribution in [0.4, 0.5) is 0 Å². The first-order valence-electron chi connectivity index (χ1n) is 11.0. The number of carboxylic acid groups (broad SMARTS) is 1. The van der Waals surface area contributed by atoms with Crippen LogP contribution in [0.5, 0.6) is 11.5 Å². The number of carbonyl (C=O) groups is 2. The van der Waals surface area contributed by atoms with Crippen LogP contribution in [0, 0.1) is 6.92 Å². The van der Waals surface area contributed by atoms with E-state index in [2.05, 4.69) is 5.32 Å². The van der Waals surface area contributed by atoms with Crippen molar-refractivity contribution in [2.45, 2.75) is 71.3 Å². The Morgan fingerprint density at radius 1 is 1.25 bits per heavy atom. The van der Waals surface area contributed by atoms with Crippen LogP contribution in [0.15, 0.2) is 15.3 Å². The molecule has 2 heterocycles. The second-order valence-electron chi connectivity index (χ2n) is 8.85. The number of hydrogen-bond acceptors (Lipinski definition) is 6. The van der Waals surface area contributed by atoms with E-state index in [1.54, 1.807) is 14.0 Å². The van der Waals surface area contributed by atoms with Gasteiger partial charge in [-0.05, 0) is 52.0 Å². The predicted octanol–water partition coefficient (Wildman–Crippen LogP) is 3.52. The first-order valence-corrected chi connectivity index (χ1v) is 11.0. The van der Waals surface area contributed by atoms with Crippen molar-refractivity contribution in [2.24, 2.45) is 0 Å². The summed E-state index contributed by atoms with van der Waals surface area (Å²) in [5.74, 6) is 0.0961. The molecule has 1 aliphatic heterocycles. The number of carboxylic acids is 1. The van der Waals surface area contributed by atoms with Crippen molar-refractivity contribution in [1.82, 2.24) is 5.32 Å². The Balaban J connectivity index is 1.81. The van der Waals surface area contributed by atoms with Crippen molar-refractivity contribution in [3.8, 4) is 11.5 Å². The minimum absolute atomic E-state index is 0.0942. The van der Waals surface area contributed by atoms with Crippen LogP contribution >= 0.6 is 0 Å². The molecule has 0 bridgehead atoms. The molecule has 0 fully saturated rings. The summed E-state index contributed by atoms with van der Waals surface area (Å²) >= 11 is 0. The maximum Gasteiger partial charge on any atom is 0.340 e. The Morgan fingerprint density at radius 2 is 2.00 bits per heavy atom. The quantitative estimate of drug-likeness (QED) is 0.448. The van der Waals surface area contributed by atoms with Gasteiger partial charge >= 0.3 is 11.6 Å². The summed E-state index contributed by atoms with van der Waals surface area (Å²) in [4.78, 5) is 35.7. The highest BCUT2D eigenvalue weighted by molar-refractivity contribution is 5.93. The molecule has 3 rings (SSSR count). The van der Waals surface area contributed by atoms with E-state index >= 15 is 0 Å². The number of benzene rings is 1. The fraction of sp³-hybridized carbons (Fsp3) is 0.542. The normalized spacial score (nSPS) is 14.5. The van der Waals surface area contributed by atoms with Crippen LogP contribution in [0.3, 0.4) is 0 Å². The highest BCUT2D eigenvalue weighted by atomic mass is 16.5. The standard InChI is InChI=1S/C24H31NO7/c1-14-16(12-19(26)25-11-7-5-6-8-20(27)28)23(29)31-22-15-9-10-24(2,3)32-17(15)13-18(30-4)21(14)22/h13H,5-12H2,1-4H3,(H,25,26)(H,27,28). The largest absolute Gasteiger partial charge is 0.496 e. The van der Waals surface area contributed by atoms with Gasteiger partial charge in [-0.15, -0.1) is 0 Å². The van der Waals surface area contributed by atoms with Crippen molar-refractivity contribution in [3.05, 3.63) is 33.2 Å². The molecule has 174 valence electrons. The van der Waals surface area contributed by atoms with Gasteiger partial charge < -0.3 is 24.3 Å². The number of amides is 1. The molecule has 2 N–H and O–H groups in total. The Labute approximate surface area is 186 Å². The van der Waals surface area contributed by atoms with Gasteiger partial charge in [0.05, 0.1) is 24.5 Å². The Bertz CT molecular complexity index is 1080. The SMILES string of the molecule is COc1cc2c(c3oc(=O)c(CC(=O)NCCCCCC(=O)O)c(C)c13)CCC(C)(C)O2. The topological polar surface area (TPSA) is 115 Å².